The Morgan fingerprint density at radius 2 is 2.00 bits per heavy atom. The summed E-state index contributed by atoms with van der Waals surface area (Å²) in [6, 6.07) is 3.45. The fourth-order valence-corrected chi connectivity index (χ4v) is 2.86. The number of fused-ring (bicyclic) bond motifs is 2. The van der Waals surface area contributed by atoms with Gasteiger partial charge in [0.1, 0.15) is 11.7 Å². The molecular formula is C17H16F2N2O3. The van der Waals surface area contributed by atoms with E-state index in [1.54, 1.807) is 11.8 Å². The fraction of sp³-hybridized carbons (Fsp3) is 0.353. The van der Waals surface area contributed by atoms with Crippen LogP contribution in [0.2, 0.25) is 0 Å². The minimum Gasteiger partial charge on any atom is -0.465 e. The molecule has 2 aromatic rings. The number of esters is 1. The van der Waals surface area contributed by atoms with Crippen molar-refractivity contribution in [2.24, 2.45) is 5.92 Å². The lowest BCUT2D eigenvalue weighted by Gasteiger charge is -2.32. The summed E-state index contributed by atoms with van der Waals surface area (Å²) in [5.74, 6) is -3.57. The summed E-state index contributed by atoms with van der Waals surface area (Å²) in [4.78, 5) is 30.8. The average molecular weight is 334 g/mol. The highest BCUT2D eigenvalue weighted by Crippen LogP contribution is 2.32. The van der Waals surface area contributed by atoms with Crippen molar-refractivity contribution in [1.82, 2.24) is 4.98 Å². The Labute approximate surface area is 137 Å². The van der Waals surface area contributed by atoms with Crippen LogP contribution < -0.4 is 4.90 Å². The second kappa shape index (κ2) is 6.14. The molecule has 1 aliphatic heterocycles. The van der Waals surface area contributed by atoms with Gasteiger partial charge in [0, 0.05) is 24.5 Å². The van der Waals surface area contributed by atoms with E-state index in [2.05, 4.69) is 4.98 Å². The van der Waals surface area contributed by atoms with Crippen molar-refractivity contribution in [2.75, 3.05) is 24.6 Å². The van der Waals surface area contributed by atoms with Crippen molar-refractivity contribution in [3.63, 3.8) is 0 Å². The van der Waals surface area contributed by atoms with E-state index in [1.165, 1.54) is 6.07 Å². The first-order valence-corrected chi connectivity index (χ1v) is 7.71. The zero-order chi connectivity index (χ0) is 17.4. The van der Waals surface area contributed by atoms with E-state index in [0.717, 1.165) is 12.1 Å². The van der Waals surface area contributed by atoms with Crippen molar-refractivity contribution in [2.45, 2.75) is 13.8 Å². The molecule has 0 N–H and O–H groups in total. The van der Waals surface area contributed by atoms with Crippen molar-refractivity contribution in [3.8, 4) is 0 Å². The molecule has 0 saturated heterocycles. The molecule has 24 heavy (non-hydrogen) atoms. The number of Topliss-reactive ketones (excluding diaryl/α,β-unsaturated/α-hetero) is 1. The third-order valence-corrected chi connectivity index (χ3v) is 4.07. The zero-order valence-corrected chi connectivity index (χ0v) is 13.3. The van der Waals surface area contributed by atoms with Crippen LogP contribution in [-0.2, 0) is 9.53 Å². The Kier molecular flexibility index (Phi) is 4.17. The molecule has 2 heterocycles. The smallest absolute Gasteiger partial charge is 0.318 e. The van der Waals surface area contributed by atoms with Crippen molar-refractivity contribution in [1.29, 1.82) is 0 Å². The first kappa shape index (κ1) is 16.3. The maximum Gasteiger partial charge on any atom is 0.318 e. The van der Waals surface area contributed by atoms with Crippen LogP contribution in [0, 0.1) is 17.6 Å². The molecular weight excluding hydrogens is 318 g/mol. The third kappa shape index (κ3) is 2.60. The molecule has 1 aromatic heterocycles. The molecule has 3 rings (SSSR count). The van der Waals surface area contributed by atoms with Crippen LogP contribution in [0.25, 0.3) is 10.9 Å². The first-order chi connectivity index (χ1) is 11.5. The fourth-order valence-electron chi connectivity index (χ4n) is 2.86. The summed E-state index contributed by atoms with van der Waals surface area (Å²) in [5.41, 5.74) is 0.480. The summed E-state index contributed by atoms with van der Waals surface area (Å²) in [6.45, 7) is 4.38. The Morgan fingerprint density at radius 3 is 2.67 bits per heavy atom. The number of benzene rings is 1. The van der Waals surface area contributed by atoms with Crippen LogP contribution in [-0.4, -0.2) is 36.4 Å². The highest BCUT2D eigenvalue weighted by Gasteiger charge is 2.38. The second-order valence-corrected chi connectivity index (χ2v) is 5.53. The predicted octanol–water partition coefficient (Wildman–Crippen LogP) is 2.71. The normalized spacial score (nSPS) is 17.1. The number of carbonyl (C=O) groups is 2. The van der Waals surface area contributed by atoms with Gasteiger partial charge in [0.2, 0.25) is 0 Å². The molecule has 5 nitrogen and oxygen atoms in total. The highest BCUT2D eigenvalue weighted by atomic mass is 19.2. The molecule has 126 valence electrons. The molecule has 1 aliphatic rings. The van der Waals surface area contributed by atoms with E-state index in [1.807, 2.05) is 6.92 Å². The van der Waals surface area contributed by atoms with Crippen LogP contribution in [0.15, 0.2) is 18.2 Å². The van der Waals surface area contributed by atoms with Gasteiger partial charge in [-0.15, -0.1) is 0 Å². The number of aromatic nitrogens is 1. The van der Waals surface area contributed by atoms with Crippen molar-refractivity contribution in [3.05, 3.63) is 35.4 Å². The number of anilines is 1. The molecule has 0 amide bonds. The van der Waals surface area contributed by atoms with Crippen LogP contribution in [0.3, 0.4) is 0 Å². The van der Waals surface area contributed by atoms with Gasteiger partial charge in [-0.1, -0.05) is 0 Å². The number of halogens is 2. The zero-order valence-electron chi connectivity index (χ0n) is 13.3. The summed E-state index contributed by atoms with van der Waals surface area (Å²) < 4.78 is 31.9. The lowest BCUT2D eigenvalue weighted by atomic mass is 9.92. The van der Waals surface area contributed by atoms with E-state index >= 15 is 0 Å². The average Bonchev–Trinajstić information content (AvgIpc) is 2.55. The van der Waals surface area contributed by atoms with Gasteiger partial charge in [0.15, 0.2) is 17.4 Å². The van der Waals surface area contributed by atoms with Gasteiger partial charge < -0.3 is 9.64 Å². The van der Waals surface area contributed by atoms with Gasteiger partial charge in [-0.25, -0.2) is 13.8 Å². The molecule has 0 radical (unpaired) electrons. The number of ketones is 1. The maximum atomic E-state index is 13.5. The van der Waals surface area contributed by atoms with Gasteiger partial charge in [-0.3, -0.25) is 9.59 Å². The number of hydrogen-bond acceptors (Lipinski definition) is 5. The highest BCUT2D eigenvalue weighted by molar-refractivity contribution is 6.14. The molecule has 0 fully saturated rings. The Balaban J connectivity index is 2.14. The molecule has 1 atom stereocenters. The maximum absolute atomic E-state index is 13.5. The van der Waals surface area contributed by atoms with E-state index < -0.39 is 29.3 Å². The SMILES string of the molecule is CCOC(=O)C1CN(CC)c2nc3cc(F)c(F)cc3cc2C1=O. The topological polar surface area (TPSA) is 59.5 Å². The number of ether oxygens (including phenoxy) is 1. The van der Waals surface area contributed by atoms with Crippen LogP contribution in [0.1, 0.15) is 24.2 Å². The van der Waals surface area contributed by atoms with Crippen molar-refractivity contribution >= 4 is 28.5 Å². The second-order valence-electron chi connectivity index (χ2n) is 5.53. The van der Waals surface area contributed by atoms with E-state index in [-0.39, 0.29) is 24.2 Å². The van der Waals surface area contributed by atoms with E-state index in [9.17, 15) is 18.4 Å². The molecule has 1 aromatic carbocycles. The van der Waals surface area contributed by atoms with Crippen LogP contribution in [0.4, 0.5) is 14.6 Å². The van der Waals surface area contributed by atoms with Gasteiger partial charge in [0.05, 0.1) is 17.7 Å². The standard InChI is InChI=1S/C17H16F2N2O3/c1-3-21-8-11(17(23)24-4-2)15(22)10-5-9-6-12(18)13(19)7-14(9)20-16(10)21/h5-7,11H,3-4,8H2,1-2H3. The van der Waals surface area contributed by atoms with Crippen LogP contribution in [0.5, 0.6) is 0 Å². The molecule has 0 bridgehead atoms. The monoisotopic (exact) mass is 334 g/mol. The Bertz CT molecular complexity index is 838. The summed E-state index contributed by atoms with van der Waals surface area (Å²) in [5, 5.41) is 0.307. The third-order valence-electron chi connectivity index (χ3n) is 4.07. The molecule has 0 aliphatic carbocycles. The molecule has 1 unspecified atom stereocenters. The lowest BCUT2D eigenvalue weighted by Crippen LogP contribution is -2.44. The minimum atomic E-state index is -1.01. The number of pyridine rings is 1. The number of rotatable bonds is 3. The summed E-state index contributed by atoms with van der Waals surface area (Å²) >= 11 is 0. The van der Waals surface area contributed by atoms with Gasteiger partial charge in [-0.2, -0.15) is 0 Å². The molecule has 0 spiro atoms. The van der Waals surface area contributed by atoms with Gasteiger partial charge >= 0.3 is 5.97 Å². The number of hydrogen-bond donors (Lipinski definition) is 0. The van der Waals surface area contributed by atoms with Gasteiger partial charge in [0.25, 0.3) is 0 Å². The Hall–Kier alpha value is -2.57. The number of nitrogens with zero attached hydrogens (tertiary/aromatic N) is 2. The van der Waals surface area contributed by atoms with Crippen molar-refractivity contribution < 1.29 is 23.1 Å². The Morgan fingerprint density at radius 1 is 1.29 bits per heavy atom. The summed E-state index contributed by atoms with van der Waals surface area (Å²) in [6.07, 6.45) is 0. The summed E-state index contributed by atoms with van der Waals surface area (Å²) in [7, 11) is 0. The number of carbonyl (C=O) groups excluding carboxylic acids is 2. The first-order valence-electron chi connectivity index (χ1n) is 7.71. The minimum absolute atomic E-state index is 0.156. The molecule has 0 saturated carbocycles. The van der Waals surface area contributed by atoms with E-state index in [0.29, 0.717) is 17.7 Å². The molecule has 7 heteroatoms. The largest absolute Gasteiger partial charge is 0.465 e. The lowest BCUT2D eigenvalue weighted by molar-refractivity contribution is -0.145. The quantitative estimate of drug-likeness (QED) is 0.638. The predicted molar refractivity (Wildman–Crippen MR) is 84.0 cm³/mol. The van der Waals surface area contributed by atoms with Crippen LogP contribution >= 0.6 is 0 Å². The van der Waals surface area contributed by atoms with E-state index in [4.69, 9.17) is 4.74 Å². The van der Waals surface area contributed by atoms with Gasteiger partial charge in [-0.05, 0) is 26.0 Å².